The summed E-state index contributed by atoms with van der Waals surface area (Å²) in [5.41, 5.74) is 8.13. The number of para-hydroxylation sites is 1. The SMILES string of the molecule is COc1ccccc1-c1cc(CN)ncn1. The lowest BCUT2D eigenvalue weighted by atomic mass is 10.1. The van der Waals surface area contributed by atoms with E-state index in [0.717, 1.165) is 22.7 Å². The van der Waals surface area contributed by atoms with Gasteiger partial charge in [-0.05, 0) is 18.2 Å². The van der Waals surface area contributed by atoms with Crippen molar-refractivity contribution in [3.63, 3.8) is 0 Å². The minimum absolute atomic E-state index is 0.407. The van der Waals surface area contributed by atoms with Crippen LogP contribution in [0.4, 0.5) is 0 Å². The quantitative estimate of drug-likeness (QED) is 0.845. The van der Waals surface area contributed by atoms with E-state index in [2.05, 4.69) is 9.97 Å². The van der Waals surface area contributed by atoms with Gasteiger partial charge in [0.2, 0.25) is 0 Å². The highest BCUT2D eigenvalue weighted by Crippen LogP contribution is 2.27. The number of nitrogens with zero attached hydrogens (tertiary/aromatic N) is 2. The van der Waals surface area contributed by atoms with E-state index < -0.39 is 0 Å². The van der Waals surface area contributed by atoms with Crippen molar-refractivity contribution in [2.24, 2.45) is 5.73 Å². The summed E-state index contributed by atoms with van der Waals surface area (Å²) >= 11 is 0. The fourth-order valence-corrected chi connectivity index (χ4v) is 1.51. The molecule has 2 aromatic rings. The Morgan fingerprint density at radius 3 is 2.81 bits per heavy atom. The molecule has 0 aliphatic rings. The van der Waals surface area contributed by atoms with Gasteiger partial charge in [-0.2, -0.15) is 0 Å². The smallest absolute Gasteiger partial charge is 0.128 e. The average Bonchev–Trinajstić information content (AvgIpc) is 2.38. The van der Waals surface area contributed by atoms with E-state index >= 15 is 0 Å². The Bertz CT molecular complexity index is 485. The van der Waals surface area contributed by atoms with Crippen LogP contribution in [0.5, 0.6) is 5.75 Å². The van der Waals surface area contributed by atoms with Crippen LogP contribution in [0.15, 0.2) is 36.7 Å². The zero-order valence-electron chi connectivity index (χ0n) is 9.05. The predicted octanol–water partition coefficient (Wildman–Crippen LogP) is 1.61. The summed E-state index contributed by atoms with van der Waals surface area (Å²) in [4.78, 5) is 8.28. The van der Waals surface area contributed by atoms with Gasteiger partial charge in [0, 0.05) is 12.1 Å². The molecule has 4 heteroatoms. The lowest BCUT2D eigenvalue weighted by molar-refractivity contribution is 0.416. The molecule has 2 N–H and O–H groups in total. The normalized spacial score (nSPS) is 10.1. The molecule has 1 aromatic heterocycles. The van der Waals surface area contributed by atoms with Gasteiger partial charge < -0.3 is 10.5 Å². The topological polar surface area (TPSA) is 61.0 Å². The molecule has 0 bridgehead atoms. The van der Waals surface area contributed by atoms with Gasteiger partial charge in [-0.15, -0.1) is 0 Å². The van der Waals surface area contributed by atoms with Gasteiger partial charge in [0.1, 0.15) is 12.1 Å². The monoisotopic (exact) mass is 215 g/mol. The van der Waals surface area contributed by atoms with E-state index in [1.807, 2.05) is 30.3 Å². The summed E-state index contributed by atoms with van der Waals surface area (Å²) in [6.45, 7) is 0.407. The van der Waals surface area contributed by atoms with Gasteiger partial charge in [0.05, 0.1) is 18.5 Å². The van der Waals surface area contributed by atoms with E-state index in [1.165, 1.54) is 6.33 Å². The molecule has 82 valence electrons. The Kier molecular flexibility index (Phi) is 3.12. The molecule has 1 heterocycles. The van der Waals surface area contributed by atoms with Gasteiger partial charge in [0.15, 0.2) is 0 Å². The van der Waals surface area contributed by atoms with Crippen LogP contribution in [0.2, 0.25) is 0 Å². The second-order valence-electron chi connectivity index (χ2n) is 3.30. The fraction of sp³-hybridized carbons (Fsp3) is 0.167. The van der Waals surface area contributed by atoms with Crippen molar-refractivity contribution in [1.29, 1.82) is 0 Å². The average molecular weight is 215 g/mol. The van der Waals surface area contributed by atoms with E-state index in [0.29, 0.717) is 6.54 Å². The van der Waals surface area contributed by atoms with Crippen molar-refractivity contribution < 1.29 is 4.74 Å². The Balaban J connectivity index is 2.49. The van der Waals surface area contributed by atoms with Crippen LogP contribution in [-0.2, 0) is 6.54 Å². The zero-order valence-corrected chi connectivity index (χ0v) is 9.05. The molecule has 0 unspecified atom stereocenters. The minimum Gasteiger partial charge on any atom is -0.496 e. The maximum atomic E-state index is 5.55. The molecule has 0 saturated heterocycles. The van der Waals surface area contributed by atoms with Gasteiger partial charge in [-0.25, -0.2) is 9.97 Å². The van der Waals surface area contributed by atoms with Crippen LogP contribution < -0.4 is 10.5 Å². The van der Waals surface area contributed by atoms with Crippen molar-refractivity contribution >= 4 is 0 Å². The lowest BCUT2D eigenvalue weighted by Gasteiger charge is -2.07. The van der Waals surface area contributed by atoms with Gasteiger partial charge in [-0.3, -0.25) is 0 Å². The minimum atomic E-state index is 0.407. The number of hydrogen-bond donors (Lipinski definition) is 1. The third-order valence-electron chi connectivity index (χ3n) is 2.32. The maximum absolute atomic E-state index is 5.55. The number of methoxy groups -OCH3 is 1. The standard InChI is InChI=1S/C12H13N3O/c1-16-12-5-3-2-4-10(12)11-6-9(7-13)14-8-15-11/h2-6,8H,7,13H2,1H3. The summed E-state index contributed by atoms with van der Waals surface area (Å²) in [6, 6.07) is 9.61. The highest BCUT2D eigenvalue weighted by Gasteiger charge is 2.06. The Morgan fingerprint density at radius 2 is 2.06 bits per heavy atom. The first kappa shape index (κ1) is 10.6. The maximum Gasteiger partial charge on any atom is 0.128 e. The molecule has 0 amide bonds. The predicted molar refractivity (Wildman–Crippen MR) is 61.9 cm³/mol. The molecule has 0 aliphatic heterocycles. The molecule has 0 saturated carbocycles. The van der Waals surface area contributed by atoms with Gasteiger partial charge in [-0.1, -0.05) is 12.1 Å². The molecule has 0 fully saturated rings. The lowest BCUT2D eigenvalue weighted by Crippen LogP contribution is -2.00. The van der Waals surface area contributed by atoms with Crippen LogP contribution >= 0.6 is 0 Å². The molecule has 1 aromatic carbocycles. The molecule has 0 spiro atoms. The molecule has 4 nitrogen and oxygen atoms in total. The highest BCUT2D eigenvalue weighted by molar-refractivity contribution is 5.66. The summed E-state index contributed by atoms with van der Waals surface area (Å²) in [6.07, 6.45) is 1.52. The summed E-state index contributed by atoms with van der Waals surface area (Å²) < 4.78 is 5.28. The third kappa shape index (κ3) is 2.01. The fourth-order valence-electron chi connectivity index (χ4n) is 1.51. The van der Waals surface area contributed by atoms with Gasteiger partial charge >= 0.3 is 0 Å². The van der Waals surface area contributed by atoms with Crippen molar-refractivity contribution in [3.8, 4) is 17.0 Å². The van der Waals surface area contributed by atoms with E-state index in [9.17, 15) is 0 Å². The summed E-state index contributed by atoms with van der Waals surface area (Å²) in [7, 11) is 1.64. The first-order valence-corrected chi connectivity index (χ1v) is 4.99. The van der Waals surface area contributed by atoms with Crippen LogP contribution in [0.25, 0.3) is 11.3 Å². The zero-order chi connectivity index (χ0) is 11.4. The van der Waals surface area contributed by atoms with Crippen LogP contribution in [0.1, 0.15) is 5.69 Å². The number of ether oxygens (including phenoxy) is 1. The third-order valence-corrected chi connectivity index (χ3v) is 2.32. The Hall–Kier alpha value is -1.94. The van der Waals surface area contributed by atoms with E-state index in [-0.39, 0.29) is 0 Å². The molecule has 2 rings (SSSR count). The summed E-state index contributed by atoms with van der Waals surface area (Å²) in [5, 5.41) is 0. The van der Waals surface area contributed by atoms with Crippen molar-refractivity contribution in [2.45, 2.75) is 6.54 Å². The molecular formula is C12H13N3O. The number of benzene rings is 1. The number of nitrogens with two attached hydrogens (primary N) is 1. The van der Waals surface area contributed by atoms with Crippen molar-refractivity contribution in [2.75, 3.05) is 7.11 Å². The largest absolute Gasteiger partial charge is 0.496 e. The van der Waals surface area contributed by atoms with Gasteiger partial charge in [0.25, 0.3) is 0 Å². The molecule has 0 aliphatic carbocycles. The molecule has 0 atom stereocenters. The number of rotatable bonds is 3. The summed E-state index contributed by atoms with van der Waals surface area (Å²) in [5.74, 6) is 0.796. The second kappa shape index (κ2) is 4.72. The Labute approximate surface area is 94.1 Å². The second-order valence-corrected chi connectivity index (χ2v) is 3.30. The van der Waals surface area contributed by atoms with Crippen LogP contribution in [-0.4, -0.2) is 17.1 Å². The first-order chi connectivity index (χ1) is 7.85. The Morgan fingerprint density at radius 1 is 1.25 bits per heavy atom. The van der Waals surface area contributed by atoms with Crippen LogP contribution in [0, 0.1) is 0 Å². The number of aromatic nitrogens is 2. The molecule has 16 heavy (non-hydrogen) atoms. The molecular weight excluding hydrogens is 202 g/mol. The first-order valence-electron chi connectivity index (χ1n) is 4.99. The van der Waals surface area contributed by atoms with Crippen molar-refractivity contribution in [3.05, 3.63) is 42.4 Å². The molecule has 0 radical (unpaired) electrons. The van der Waals surface area contributed by atoms with E-state index in [1.54, 1.807) is 7.11 Å². The van der Waals surface area contributed by atoms with E-state index in [4.69, 9.17) is 10.5 Å². The van der Waals surface area contributed by atoms with Crippen LogP contribution in [0.3, 0.4) is 0 Å². The van der Waals surface area contributed by atoms with Crippen molar-refractivity contribution in [1.82, 2.24) is 9.97 Å². The number of hydrogen-bond acceptors (Lipinski definition) is 4. The highest BCUT2D eigenvalue weighted by atomic mass is 16.5.